The molecule has 1 aromatic rings. The van der Waals surface area contributed by atoms with Gasteiger partial charge in [-0.3, -0.25) is 0 Å². The van der Waals surface area contributed by atoms with Gasteiger partial charge in [-0.25, -0.2) is 13.6 Å². The lowest BCUT2D eigenvalue weighted by Gasteiger charge is -2.09. The SMILES string of the molecule is C.CC(C)c1ccccc1S(N)(=O)=O. The van der Waals surface area contributed by atoms with Crippen molar-refractivity contribution in [1.29, 1.82) is 0 Å². The predicted octanol–water partition coefficient (Wildman–Crippen LogP) is 2.09. The summed E-state index contributed by atoms with van der Waals surface area (Å²) in [5, 5.41) is 5.07. The van der Waals surface area contributed by atoms with E-state index in [0.717, 1.165) is 5.56 Å². The van der Waals surface area contributed by atoms with Gasteiger partial charge in [-0.05, 0) is 17.5 Å². The van der Waals surface area contributed by atoms with Gasteiger partial charge in [-0.15, -0.1) is 0 Å². The molecule has 0 atom stereocenters. The fraction of sp³-hybridized carbons (Fsp3) is 0.400. The van der Waals surface area contributed by atoms with E-state index in [1.165, 1.54) is 6.07 Å². The highest BCUT2D eigenvalue weighted by molar-refractivity contribution is 7.89. The van der Waals surface area contributed by atoms with Crippen molar-refractivity contribution in [2.24, 2.45) is 5.14 Å². The van der Waals surface area contributed by atoms with E-state index in [0.29, 0.717) is 0 Å². The Bertz CT molecular complexity index is 396. The summed E-state index contributed by atoms with van der Waals surface area (Å²) in [7, 11) is -3.58. The van der Waals surface area contributed by atoms with Crippen LogP contribution < -0.4 is 5.14 Å². The molecule has 0 aliphatic rings. The zero-order valence-electron chi connectivity index (χ0n) is 7.69. The van der Waals surface area contributed by atoms with Crippen LogP contribution in [0.5, 0.6) is 0 Å². The monoisotopic (exact) mass is 215 g/mol. The number of primary sulfonamides is 1. The third-order valence-corrected chi connectivity index (χ3v) is 2.83. The average molecular weight is 215 g/mol. The average Bonchev–Trinajstić information content (AvgIpc) is 2.03. The van der Waals surface area contributed by atoms with E-state index in [9.17, 15) is 8.42 Å². The Morgan fingerprint density at radius 2 is 1.71 bits per heavy atom. The quantitative estimate of drug-likeness (QED) is 0.821. The molecule has 0 radical (unpaired) electrons. The Kier molecular flexibility index (Phi) is 4.29. The van der Waals surface area contributed by atoms with E-state index in [2.05, 4.69) is 0 Å². The number of hydrogen-bond donors (Lipinski definition) is 1. The van der Waals surface area contributed by atoms with E-state index in [-0.39, 0.29) is 18.2 Å². The number of hydrogen-bond acceptors (Lipinski definition) is 2. The second-order valence-electron chi connectivity index (χ2n) is 3.24. The molecule has 0 amide bonds. The van der Waals surface area contributed by atoms with Gasteiger partial charge in [-0.2, -0.15) is 0 Å². The van der Waals surface area contributed by atoms with Crippen LogP contribution in [0.1, 0.15) is 32.8 Å². The first-order valence-corrected chi connectivity index (χ1v) is 5.59. The lowest BCUT2D eigenvalue weighted by molar-refractivity contribution is 0.595. The summed E-state index contributed by atoms with van der Waals surface area (Å²) in [5.74, 6) is 0.162. The molecule has 0 aliphatic heterocycles. The van der Waals surface area contributed by atoms with E-state index in [1.807, 2.05) is 19.9 Å². The van der Waals surface area contributed by atoms with Crippen molar-refractivity contribution >= 4 is 10.0 Å². The highest BCUT2D eigenvalue weighted by Crippen LogP contribution is 2.21. The van der Waals surface area contributed by atoms with Crippen LogP contribution in [0.25, 0.3) is 0 Å². The van der Waals surface area contributed by atoms with Gasteiger partial charge in [-0.1, -0.05) is 39.5 Å². The summed E-state index contributed by atoms with van der Waals surface area (Å²) in [6, 6.07) is 6.80. The van der Waals surface area contributed by atoms with Crippen molar-refractivity contribution in [2.45, 2.75) is 32.1 Å². The molecule has 1 aromatic carbocycles. The Balaban J connectivity index is 0.00000169. The van der Waals surface area contributed by atoms with Crippen molar-refractivity contribution < 1.29 is 8.42 Å². The van der Waals surface area contributed by atoms with E-state index in [1.54, 1.807) is 12.1 Å². The van der Waals surface area contributed by atoms with Crippen molar-refractivity contribution in [3.05, 3.63) is 29.8 Å². The molecule has 1 rings (SSSR count). The van der Waals surface area contributed by atoms with Gasteiger partial charge < -0.3 is 0 Å². The first kappa shape index (κ1) is 13.1. The van der Waals surface area contributed by atoms with Crippen LogP contribution in [-0.2, 0) is 10.0 Å². The van der Waals surface area contributed by atoms with Gasteiger partial charge in [0, 0.05) is 0 Å². The van der Waals surface area contributed by atoms with E-state index >= 15 is 0 Å². The molecular weight excluding hydrogens is 198 g/mol. The van der Waals surface area contributed by atoms with E-state index < -0.39 is 10.0 Å². The summed E-state index contributed by atoms with van der Waals surface area (Å²) < 4.78 is 22.3. The lowest BCUT2D eigenvalue weighted by atomic mass is 10.0. The molecular formula is C10H17NO2S. The Labute approximate surface area is 86.0 Å². The largest absolute Gasteiger partial charge is 0.238 e. The Hall–Kier alpha value is -0.870. The molecule has 3 nitrogen and oxygen atoms in total. The van der Waals surface area contributed by atoms with Gasteiger partial charge in [0.1, 0.15) is 0 Å². The van der Waals surface area contributed by atoms with Crippen LogP contribution in [0.15, 0.2) is 29.2 Å². The first-order valence-electron chi connectivity index (χ1n) is 4.04. The summed E-state index contributed by atoms with van der Waals surface area (Å²) in [4.78, 5) is 0.227. The molecule has 0 heterocycles. The molecule has 4 heteroatoms. The normalized spacial score (nSPS) is 11.1. The summed E-state index contributed by atoms with van der Waals surface area (Å²) >= 11 is 0. The molecule has 0 aliphatic carbocycles. The van der Waals surface area contributed by atoms with Crippen LogP contribution in [0.2, 0.25) is 0 Å². The van der Waals surface area contributed by atoms with Crippen LogP contribution in [0, 0.1) is 0 Å². The van der Waals surface area contributed by atoms with Crippen LogP contribution in [0.4, 0.5) is 0 Å². The van der Waals surface area contributed by atoms with Gasteiger partial charge in [0.25, 0.3) is 0 Å². The minimum atomic E-state index is -3.58. The summed E-state index contributed by atoms with van der Waals surface area (Å²) in [6.07, 6.45) is 0. The van der Waals surface area contributed by atoms with Crippen molar-refractivity contribution in [1.82, 2.24) is 0 Å². The molecule has 0 spiro atoms. The standard InChI is InChI=1S/C9H13NO2S.CH4/c1-7(2)8-5-3-4-6-9(8)13(10,11)12;/h3-7H,1-2H3,(H2,10,11,12);1H4. The number of sulfonamides is 1. The Morgan fingerprint density at radius 1 is 1.21 bits per heavy atom. The van der Waals surface area contributed by atoms with Gasteiger partial charge in [0.2, 0.25) is 10.0 Å². The third-order valence-electron chi connectivity index (χ3n) is 1.85. The maximum atomic E-state index is 11.1. The zero-order valence-corrected chi connectivity index (χ0v) is 8.51. The topological polar surface area (TPSA) is 60.2 Å². The Morgan fingerprint density at radius 3 is 2.07 bits per heavy atom. The third kappa shape index (κ3) is 2.82. The summed E-state index contributed by atoms with van der Waals surface area (Å²) in [5.41, 5.74) is 0.769. The smallest absolute Gasteiger partial charge is 0.225 e. The second-order valence-corrected chi connectivity index (χ2v) is 4.77. The molecule has 0 fully saturated rings. The highest BCUT2D eigenvalue weighted by atomic mass is 32.2. The maximum absolute atomic E-state index is 11.1. The minimum absolute atomic E-state index is 0. The molecule has 80 valence electrons. The fourth-order valence-electron chi connectivity index (χ4n) is 1.22. The van der Waals surface area contributed by atoms with Crippen LogP contribution in [-0.4, -0.2) is 8.42 Å². The van der Waals surface area contributed by atoms with Crippen LogP contribution >= 0.6 is 0 Å². The van der Waals surface area contributed by atoms with E-state index in [4.69, 9.17) is 5.14 Å². The van der Waals surface area contributed by atoms with Gasteiger partial charge >= 0.3 is 0 Å². The molecule has 0 aromatic heterocycles. The molecule has 14 heavy (non-hydrogen) atoms. The molecule has 0 unspecified atom stereocenters. The molecule has 0 bridgehead atoms. The minimum Gasteiger partial charge on any atom is -0.225 e. The highest BCUT2D eigenvalue weighted by Gasteiger charge is 2.14. The van der Waals surface area contributed by atoms with Gasteiger partial charge in [0.05, 0.1) is 4.90 Å². The van der Waals surface area contributed by atoms with Crippen molar-refractivity contribution in [3.8, 4) is 0 Å². The second kappa shape index (κ2) is 4.57. The molecule has 2 N–H and O–H groups in total. The zero-order chi connectivity index (χ0) is 10.1. The fourth-order valence-corrected chi connectivity index (χ4v) is 2.12. The molecule has 0 saturated carbocycles. The van der Waals surface area contributed by atoms with Crippen molar-refractivity contribution in [3.63, 3.8) is 0 Å². The predicted molar refractivity (Wildman–Crippen MR) is 58.6 cm³/mol. The summed E-state index contributed by atoms with van der Waals surface area (Å²) in [6.45, 7) is 3.87. The van der Waals surface area contributed by atoms with Gasteiger partial charge in [0.15, 0.2) is 0 Å². The van der Waals surface area contributed by atoms with Crippen molar-refractivity contribution in [2.75, 3.05) is 0 Å². The number of rotatable bonds is 2. The van der Waals surface area contributed by atoms with Crippen LogP contribution in [0.3, 0.4) is 0 Å². The first-order chi connectivity index (χ1) is 5.93. The number of nitrogens with two attached hydrogens (primary N) is 1. The molecule has 0 saturated heterocycles. The maximum Gasteiger partial charge on any atom is 0.238 e. The number of benzene rings is 1. The lowest BCUT2D eigenvalue weighted by Crippen LogP contribution is -2.14.